The highest BCUT2D eigenvalue weighted by Gasteiger charge is 2.85. The predicted octanol–water partition coefficient (Wildman–Crippen LogP) is 3.55. The van der Waals surface area contributed by atoms with Crippen LogP contribution < -0.4 is 0 Å². The van der Waals surface area contributed by atoms with Gasteiger partial charge >= 0.3 is 0 Å². The summed E-state index contributed by atoms with van der Waals surface area (Å²) < 4.78 is 0. The molecule has 4 heterocycles. The normalized spacial score (nSPS) is 28.1. The molecule has 4 aliphatic rings. The fourth-order valence-electron chi connectivity index (χ4n) is 5.43. The predicted molar refractivity (Wildman–Crippen MR) is 110 cm³/mol. The fraction of sp³-hybridized carbons (Fsp3) is 0.273. The third-order valence-electron chi connectivity index (χ3n) is 6.98. The highest BCUT2D eigenvalue weighted by molar-refractivity contribution is 6.32. The molecule has 7 nitrogen and oxygen atoms in total. The molecule has 0 radical (unpaired) electrons. The van der Waals surface area contributed by atoms with Crippen molar-refractivity contribution in [3.63, 3.8) is 0 Å². The minimum absolute atomic E-state index is 0.0145. The molecule has 8 rings (SSSR count). The van der Waals surface area contributed by atoms with Crippen molar-refractivity contribution in [2.75, 3.05) is 0 Å². The molecular weight excluding hydrogens is 400 g/mol. The second kappa shape index (κ2) is 5.49. The van der Waals surface area contributed by atoms with Crippen LogP contribution in [-0.2, 0) is 0 Å². The number of aromatic amines is 1. The Morgan fingerprint density at radius 3 is 2.63 bits per heavy atom. The Morgan fingerprint density at radius 2 is 1.83 bits per heavy atom. The van der Waals surface area contributed by atoms with Crippen LogP contribution in [0.5, 0.6) is 0 Å². The van der Waals surface area contributed by atoms with Gasteiger partial charge in [-0.05, 0) is 54.5 Å². The number of H-pyrrole nitrogens is 1. The number of para-hydroxylation sites is 1. The monoisotopic (exact) mass is 416 g/mol. The van der Waals surface area contributed by atoms with Gasteiger partial charge in [-0.1, -0.05) is 23.7 Å². The summed E-state index contributed by atoms with van der Waals surface area (Å²) in [4.78, 5) is 25.6. The minimum Gasteiger partial charge on any atom is -0.340 e. The standard InChI is InChI=1S/C22H17ClN6O/c1-10-12(23)6-7-13-18(10)27-21(26-13)20-17-15-16(17)19(15)28(20)22(30)11-4-2-3-5-14(11)29-24-8-9-25-29/h2-9,15-17,19-20H,1H3,(H,26,27). The highest BCUT2D eigenvalue weighted by atomic mass is 35.5. The van der Waals surface area contributed by atoms with Crippen LogP contribution >= 0.6 is 11.6 Å². The molecule has 3 atom stereocenters. The Balaban J connectivity index is 1.31. The van der Waals surface area contributed by atoms with E-state index in [-0.39, 0.29) is 11.9 Å². The zero-order valence-electron chi connectivity index (χ0n) is 16.0. The van der Waals surface area contributed by atoms with E-state index in [1.807, 2.05) is 48.2 Å². The largest absolute Gasteiger partial charge is 0.340 e. The summed E-state index contributed by atoms with van der Waals surface area (Å²) in [6.07, 6.45) is 3.23. The fourth-order valence-corrected chi connectivity index (χ4v) is 5.59. The van der Waals surface area contributed by atoms with Crippen molar-refractivity contribution in [3.05, 3.63) is 70.8 Å². The third-order valence-corrected chi connectivity index (χ3v) is 7.39. The van der Waals surface area contributed by atoms with Gasteiger partial charge in [-0.15, -0.1) is 0 Å². The molecule has 4 aromatic rings. The number of fused-ring (bicyclic) bond motifs is 2. The quantitative estimate of drug-likeness (QED) is 0.554. The Kier molecular flexibility index (Phi) is 3.03. The second-order valence-electron chi connectivity index (χ2n) is 8.40. The maximum Gasteiger partial charge on any atom is 0.257 e. The van der Waals surface area contributed by atoms with Crippen molar-refractivity contribution in [1.29, 1.82) is 0 Å². The minimum atomic E-state index is -0.0262. The molecule has 2 saturated heterocycles. The first kappa shape index (κ1) is 16.6. The lowest BCUT2D eigenvalue weighted by molar-refractivity contribution is 0.0720. The van der Waals surface area contributed by atoms with Gasteiger partial charge in [0.25, 0.3) is 5.91 Å². The Hall–Kier alpha value is -3.19. The van der Waals surface area contributed by atoms with Gasteiger partial charge in [-0.3, -0.25) is 4.79 Å². The van der Waals surface area contributed by atoms with Crippen molar-refractivity contribution in [1.82, 2.24) is 29.9 Å². The van der Waals surface area contributed by atoms with Gasteiger partial charge in [0.2, 0.25) is 0 Å². The highest BCUT2D eigenvalue weighted by Crippen LogP contribution is 2.81. The van der Waals surface area contributed by atoms with Gasteiger partial charge in [0.05, 0.1) is 40.7 Å². The van der Waals surface area contributed by atoms with E-state index < -0.39 is 0 Å². The Morgan fingerprint density at radius 1 is 1.07 bits per heavy atom. The van der Waals surface area contributed by atoms with Crippen molar-refractivity contribution >= 4 is 28.5 Å². The number of hydrogen-bond donors (Lipinski definition) is 1. The van der Waals surface area contributed by atoms with Gasteiger partial charge in [0.1, 0.15) is 5.82 Å². The van der Waals surface area contributed by atoms with E-state index >= 15 is 0 Å². The van der Waals surface area contributed by atoms with E-state index in [9.17, 15) is 4.79 Å². The molecule has 8 heteroatoms. The molecule has 30 heavy (non-hydrogen) atoms. The SMILES string of the molecule is Cc1c(Cl)ccc2nc(C3C4C5C4C5N3C(=O)c3ccccc3-n3nccn3)[nH]c12. The van der Waals surface area contributed by atoms with Crippen LogP contribution in [0.3, 0.4) is 0 Å². The molecule has 2 aromatic carbocycles. The number of carbonyl (C=O) groups is 1. The van der Waals surface area contributed by atoms with Gasteiger partial charge in [0, 0.05) is 11.1 Å². The number of aromatic nitrogens is 5. The van der Waals surface area contributed by atoms with Crippen molar-refractivity contribution in [3.8, 4) is 5.69 Å². The van der Waals surface area contributed by atoms with Crippen LogP contribution in [0.25, 0.3) is 16.7 Å². The van der Waals surface area contributed by atoms with E-state index in [4.69, 9.17) is 16.6 Å². The zero-order valence-corrected chi connectivity index (χ0v) is 16.8. The smallest absolute Gasteiger partial charge is 0.257 e. The summed E-state index contributed by atoms with van der Waals surface area (Å²) >= 11 is 6.30. The summed E-state index contributed by atoms with van der Waals surface area (Å²) in [6.45, 7) is 1.99. The number of aryl methyl sites for hydroxylation is 1. The van der Waals surface area contributed by atoms with Crippen LogP contribution in [0.2, 0.25) is 5.02 Å². The van der Waals surface area contributed by atoms with Gasteiger partial charge < -0.3 is 9.88 Å². The van der Waals surface area contributed by atoms with Gasteiger partial charge in [-0.25, -0.2) is 4.98 Å². The lowest BCUT2D eigenvalue weighted by Gasteiger charge is -2.24. The molecule has 1 N–H and O–H groups in total. The van der Waals surface area contributed by atoms with E-state index in [0.29, 0.717) is 40.1 Å². The number of amides is 1. The second-order valence-corrected chi connectivity index (χ2v) is 8.81. The molecule has 2 bridgehead atoms. The van der Waals surface area contributed by atoms with Crippen LogP contribution in [0.1, 0.15) is 27.8 Å². The molecule has 2 saturated carbocycles. The van der Waals surface area contributed by atoms with E-state index in [1.165, 1.54) is 4.80 Å². The molecule has 0 spiro atoms. The summed E-state index contributed by atoms with van der Waals surface area (Å²) in [5.74, 6) is 2.61. The van der Waals surface area contributed by atoms with Crippen LogP contribution in [0.15, 0.2) is 48.8 Å². The van der Waals surface area contributed by atoms with Crippen molar-refractivity contribution in [2.24, 2.45) is 17.8 Å². The lowest BCUT2D eigenvalue weighted by atomic mass is 10.1. The number of imidazole rings is 1. The Bertz CT molecular complexity index is 1340. The van der Waals surface area contributed by atoms with Crippen LogP contribution in [0, 0.1) is 24.7 Å². The number of halogens is 1. The molecule has 2 aromatic heterocycles. The molecular formula is C22H17ClN6O. The van der Waals surface area contributed by atoms with Crippen molar-refractivity contribution < 1.29 is 4.79 Å². The number of benzene rings is 2. The maximum atomic E-state index is 13.7. The molecule has 3 unspecified atom stereocenters. The average Bonchev–Trinajstić information content (AvgIpc) is 3.31. The van der Waals surface area contributed by atoms with Crippen LogP contribution in [0.4, 0.5) is 0 Å². The maximum absolute atomic E-state index is 13.7. The molecule has 1 amide bonds. The van der Waals surface area contributed by atoms with Gasteiger partial charge in [-0.2, -0.15) is 15.0 Å². The molecule has 4 fully saturated rings. The number of nitrogens with zero attached hydrogens (tertiary/aromatic N) is 5. The molecule has 2 aliphatic heterocycles. The van der Waals surface area contributed by atoms with Crippen molar-refractivity contribution in [2.45, 2.75) is 19.0 Å². The van der Waals surface area contributed by atoms with Gasteiger partial charge in [0.15, 0.2) is 0 Å². The number of carbonyl (C=O) groups excluding carboxylic acids is 1. The Labute approximate surface area is 176 Å². The average molecular weight is 417 g/mol. The zero-order chi connectivity index (χ0) is 20.1. The number of hydrogen-bond acceptors (Lipinski definition) is 4. The van der Waals surface area contributed by atoms with E-state index in [0.717, 1.165) is 22.4 Å². The van der Waals surface area contributed by atoms with E-state index in [1.54, 1.807) is 12.4 Å². The summed E-state index contributed by atoms with van der Waals surface area (Å²) in [5.41, 5.74) is 4.13. The number of rotatable bonds is 3. The third kappa shape index (κ3) is 2.00. The number of piperidine rings is 1. The lowest BCUT2D eigenvalue weighted by Crippen LogP contribution is -2.33. The summed E-state index contributed by atoms with van der Waals surface area (Å²) in [7, 11) is 0. The topological polar surface area (TPSA) is 79.7 Å². The summed E-state index contributed by atoms with van der Waals surface area (Å²) in [6, 6.07) is 11.6. The molecule has 148 valence electrons. The first-order chi connectivity index (χ1) is 14.6. The van der Waals surface area contributed by atoms with Crippen LogP contribution in [-0.4, -0.2) is 41.8 Å². The summed E-state index contributed by atoms with van der Waals surface area (Å²) in [5, 5.41) is 9.15. The number of nitrogens with one attached hydrogen (secondary N) is 1. The first-order valence-electron chi connectivity index (χ1n) is 10.1. The molecule has 2 aliphatic carbocycles. The van der Waals surface area contributed by atoms with E-state index in [2.05, 4.69) is 15.2 Å². The first-order valence-corrected chi connectivity index (χ1v) is 10.5.